The average molecular weight is 332 g/mol. The third-order valence-electron chi connectivity index (χ3n) is 5.32. The van der Waals surface area contributed by atoms with Crippen molar-refractivity contribution in [2.24, 2.45) is 0 Å². The maximum absolute atomic E-state index is 11.2. The second-order valence-electron chi connectivity index (χ2n) is 7.11. The normalized spacial score (nSPS) is 22.5. The number of fused-ring (bicyclic) bond motifs is 2. The molecule has 0 radical (unpaired) electrons. The van der Waals surface area contributed by atoms with E-state index >= 15 is 0 Å². The Balaban J connectivity index is 1.50. The van der Waals surface area contributed by atoms with Crippen LogP contribution in [0.5, 0.6) is 0 Å². The Labute approximate surface area is 149 Å². The van der Waals surface area contributed by atoms with Crippen molar-refractivity contribution >= 4 is 17.2 Å². The van der Waals surface area contributed by atoms with E-state index in [2.05, 4.69) is 58.8 Å². The molecule has 1 saturated heterocycles. The van der Waals surface area contributed by atoms with Gasteiger partial charge in [0.05, 0.1) is 0 Å². The van der Waals surface area contributed by atoms with Crippen molar-refractivity contribution in [1.82, 2.24) is 4.90 Å². The van der Waals surface area contributed by atoms with E-state index in [0.717, 1.165) is 18.7 Å². The first kappa shape index (κ1) is 16.1. The van der Waals surface area contributed by atoms with Crippen LogP contribution in [0.2, 0.25) is 0 Å². The van der Waals surface area contributed by atoms with E-state index in [1.54, 1.807) is 0 Å². The lowest BCUT2D eigenvalue weighted by Crippen LogP contribution is -2.37. The Morgan fingerprint density at radius 1 is 1.08 bits per heavy atom. The number of nitrogens with zero attached hydrogens (tertiary/aromatic N) is 1. The molecule has 2 aliphatic rings. The van der Waals surface area contributed by atoms with Gasteiger partial charge in [-0.05, 0) is 48.1 Å². The van der Waals surface area contributed by atoms with Gasteiger partial charge in [0, 0.05) is 31.2 Å². The number of nitrogens with one attached hydrogen (secondary N) is 1. The van der Waals surface area contributed by atoms with Crippen molar-refractivity contribution in [3.05, 3.63) is 71.8 Å². The van der Waals surface area contributed by atoms with Crippen LogP contribution in [0.1, 0.15) is 37.3 Å². The molecule has 0 saturated carbocycles. The lowest BCUT2D eigenvalue weighted by atomic mass is 9.94. The van der Waals surface area contributed by atoms with E-state index in [1.807, 2.05) is 12.1 Å². The SMILES string of the molecule is CC(=O)Nc1ccc(C2=CC3CCC(C2)N3Cc2ccccc2)cc1. The van der Waals surface area contributed by atoms with Crippen molar-refractivity contribution < 1.29 is 4.79 Å². The third-order valence-corrected chi connectivity index (χ3v) is 5.32. The zero-order valence-electron chi connectivity index (χ0n) is 14.6. The first-order chi connectivity index (χ1) is 12.2. The molecule has 2 atom stereocenters. The van der Waals surface area contributed by atoms with Crippen LogP contribution in [0.3, 0.4) is 0 Å². The highest BCUT2D eigenvalue weighted by Gasteiger charge is 2.36. The summed E-state index contributed by atoms with van der Waals surface area (Å²) in [6.45, 7) is 2.58. The Hall–Kier alpha value is -2.39. The largest absolute Gasteiger partial charge is 0.326 e. The molecule has 0 aliphatic carbocycles. The second kappa shape index (κ2) is 6.85. The predicted molar refractivity (Wildman–Crippen MR) is 102 cm³/mol. The van der Waals surface area contributed by atoms with Crippen LogP contribution >= 0.6 is 0 Å². The van der Waals surface area contributed by atoms with Crippen molar-refractivity contribution in [2.45, 2.75) is 44.8 Å². The van der Waals surface area contributed by atoms with Crippen LogP contribution in [-0.2, 0) is 11.3 Å². The van der Waals surface area contributed by atoms with Crippen LogP contribution in [-0.4, -0.2) is 22.9 Å². The topological polar surface area (TPSA) is 32.3 Å². The third kappa shape index (κ3) is 3.52. The van der Waals surface area contributed by atoms with Gasteiger partial charge in [-0.2, -0.15) is 0 Å². The number of amides is 1. The number of carbonyl (C=O) groups is 1. The first-order valence-electron chi connectivity index (χ1n) is 9.07. The zero-order chi connectivity index (χ0) is 17.2. The highest BCUT2D eigenvalue weighted by molar-refractivity contribution is 5.88. The monoisotopic (exact) mass is 332 g/mol. The van der Waals surface area contributed by atoms with Gasteiger partial charge >= 0.3 is 0 Å². The minimum atomic E-state index is -0.0285. The summed E-state index contributed by atoms with van der Waals surface area (Å²) in [5.74, 6) is -0.0285. The second-order valence-corrected chi connectivity index (χ2v) is 7.11. The van der Waals surface area contributed by atoms with E-state index < -0.39 is 0 Å². The molecule has 0 aromatic heterocycles. The Bertz CT molecular complexity index is 779. The van der Waals surface area contributed by atoms with Gasteiger partial charge in [-0.15, -0.1) is 0 Å². The maximum Gasteiger partial charge on any atom is 0.221 e. The molecule has 2 heterocycles. The molecular formula is C22H24N2O. The van der Waals surface area contributed by atoms with Crippen LogP contribution < -0.4 is 5.32 Å². The van der Waals surface area contributed by atoms with E-state index in [9.17, 15) is 4.79 Å². The number of hydrogen-bond acceptors (Lipinski definition) is 2. The predicted octanol–water partition coefficient (Wildman–Crippen LogP) is 4.47. The lowest BCUT2D eigenvalue weighted by molar-refractivity contribution is -0.114. The molecule has 1 N–H and O–H groups in total. The van der Waals surface area contributed by atoms with Crippen LogP contribution in [0.25, 0.3) is 5.57 Å². The molecule has 2 aliphatic heterocycles. The van der Waals surface area contributed by atoms with Crippen molar-refractivity contribution in [3.63, 3.8) is 0 Å². The van der Waals surface area contributed by atoms with E-state index in [1.165, 1.54) is 36.5 Å². The van der Waals surface area contributed by atoms with Gasteiger partial charge in [0.1, 0.15) is 0 Å². The zero-order valence-corrected chi connectivity index (χ0v) is 14.6. The van der Waals surface area contributed by atoms with Gasteiger partial charge in [0.25, 0.3) is 0 Å². The molecule has 128 valence electrons. The van der Waals surface area contributed by atoms with Gasteiger partial charge in [-0.1, -0.05) is 48.5 Å². The minimum Gasteiger partial charge on any atom is -0.326 e. The highest BCUT2D eigenvalue weighted by Crippen LogP contribution is 2.39. The van der Waals surface area contributed by atoms with Gasteiger partial charge in [0.2, 0.25) is 5.91 Å². The summed E-state index contributed by atoms with van der Waals surface area (Å²) in [6, 6.07) is 20.2. The summed E-state index contributed by atoms with van der Waals surface area (Å²) < 4.78 is 0. The summed E-state index contributed by atoms with van der Waals surface area (Å²) in [5, 5.41) is 2.83. The molecule has 2 unspecified atom stereocenters. The lowest BCUT2D eigenvalue weighted by Gasteiger charge is -2.34. The maximum atomic E-state index is 11.2. The minimum absolute atomic E-state index is 0.0285. The summed E-state index contributed by atoms with van der Waals surface area (Å²) in [6.07, 6.45) is 6.11. The summed E-state index contributed by atoms with van der Waals surface area (Å²) in [7, 11) is 0. The van der Waals surface area contributed by atoms with Gasteiger partial charge in [0.15, 0.2) is 0 Å². The summed E-state index contributed by atoms with van der Waals surface area (Å²) in [4.78, 5) is 13.8. The molecule has 2 aromatic carbocycles. The summed E-state index contributed by atoms with van der Waals surface area (Å²) in [5.41, 5.74) is 4.99. The number of hydrogen-bond donors (Lipinski definition) is 1. The van der Waals surface area contributed by atoms with Crippen LogP contribution in [0.4, 0.5) is 5.69 Å². The molecular weight excluding hydrogens is 308 g/mol. The Morgan fingerprint density at radius 2 is 1.84 bits per heavy atom. The Kier molecular flexibility index (Phi) is 4.41. The van der Waals surface area contributed by atoms with Crippen LogP contribution in [0, 0.1) is 0 Å². The molecule has 3 heteroatoms. The molecule has 1 fully saturated rings. The molecule has 25 heavy (non-hydrogen) atoms. The highest BCUT2D eigenvalue weighted by atomic mass is 16.1. The van der Waals surface area contributed by atoms with Crippen molar-refractivity contribution in [1.29, 1.82) is 0 Å². The summed E-state index contributed by atoms with van der Waals surface area (Å²) >= 11 is 0. The van der Waals surface area contributed by atoms with E-state index in [4.69, 9.17) is 0 Å². The average Bonchev–Trinajstić information content (AvgIpc) is 2.84. The fourth-order valence-electron chi connectivity index (χ4n) is 4.14. The number of carbonyl (C=O) groups excluding carboxylic acids is 1. The van der Waals surface area contributed by atoms with E-state index in [-0.39, 0.29) is 5.91 Å². The smallest absolute Gasteiger partial charge is 0.221 e. The first-order valence-corrected chi connectivity index (χ1v) is 9.07. The Morgan fingerprint density at radius 3 is 2.52 bits per heavy atom. The molecule has 0 spiro atoms. The fraction of sp³-hybridized carbons (Fsp3) is 0.318. The number of rotatable bonds is 4. The standard InChI is InChI=1S/C22H24N2O/c1-16(25)23-20-9-7-18(8-10-20)19-13-21-11-12-22(14-19)24(21)15-17-5-3-2-4-6-17/h2-10,13,21-22H,11-12,14-15H2,1H3,(H,23,25). The van der Waals surface area contributed by atoms with E-state index in [0.29, 0.717) is 12.1 Å². The molecule has 1 amide bonds. The van der Waals surface area contributed by atoms with Gasteiger partial charge < -0.3 is 5.32 Å². The quantitative estimate of drug-likeness (QED) is 0.896. The van der Waals surface area contributed by atoms with Crippen molar-refractivity contribution in [2.75, 3.05) is 5.32 Å². The van der Waals surface area contributed by atoms with Crippen LogP contribution in [0.15, 0.2) is 60.7 Å². The number of benzene rings is 2. The number of anilines is 1. The molecule has 4 rings (SSSR count). The molecule has 3 nitrogen and oxygen atoms in total. The van der Waals surface area contributed by atoms with Gasteiger partial charge in [-0.3, -0.25) is 9.69 Å². The molecule has 2 bridgehead atoms. The van der Waals surface area contributed by atoms with Crippen molar-refractivity contribution in [3.8, 4) is 0 Å². The van der Waals surface area contributed by atoms with Gasteiger partial charge in [-0.25, -0.2) is 0 Å². The fourth-order valence-corrected chi connectivity index (χ4v) is 4.14. The molecule has 2 aromatic rings.